The number of morpholine rings is 1. The Labute approximate surface area is 178 Å². The minimum Gasteiger partial charge on any atom is -0.374 e. The highest BCUT2D eigenvalue weighted by Gasteiger charge is 2.22. The molecule has 1 unspecified atom stereocenters. The lowest BCUT2D eigenvalue weighted by Gasteiger charge is -2.24. The maximum atomic E-state index is 9.14. The Morgan fingerprint density at radius 3 is 2.67 bits per heavy atom. The van der Waals surface area contributed by atoms with Gasteiger partial charge in [-0.25, -0.2) is 0 Å². The molecular weight excluding hydrogens is 372 g/mol. The van der Waals surface area contributed by atoms with Crippen molar-refractivity contribution in [1.29, 1.82) is 5.26 Å². The molecule has 5 nitrogen and oxygen atoms in total. The number of nitriles is 1. The van der Waals surface area contributed by atoms with Gasteiger partial charge in [0, 0.05) is 32.1 Å². The average molecular weight is 401 g/mol. The summed E-state index contributed by atoms with van der Waals surface area (Å²) in [4.78, 5) is 4.81. The molecule has 2 aromatic rings. The number of hydrogen-bond acceptors (Lipinski definition) is 5. The Morgan fingerprint density at radius 1 is 1.17 bits per heavy atom. The van der Waals surface area contributed by atoms with Crippen LogP contribution in [0.5, 0.6) is 0 Å². The fraction of sp³-hybridized carbons (Fsp3) is 0.360. The number of amidine groups is 1. The second-order valence-corrected chi connectivity index (χ2v) is 7.89. The maximum Gasteiger partial charge on any atom is 0.121 e. The van der Waals surface area contributed by atoms with Gasteiger partial charge >= 0.3 is 0 Å². The number of allylic oxidation sites excluding steroid dienone is 1. The first-order valence-corrected chi connectivity index (χ1v) is 10.6. The summed E-state index contributed by atoms with van der Waals surface area (Å²) < 4.78 is 5.81. The molecule has 0 saturated carbocycles. The van der Waals surface area contributed by atoms with Gasteiger partial charge < -0.3 is 15.4 Å². The normalized spacial score (nSPS) is 21.7. The van der Waals surface area contributed by atoms with Crippen LogP contribution in [0.4, 0.5) is 0 Å². The van der Waals surface area contributed by atoms with Gasteiger partial charge in [0.05, 0.1) is 24.3 Å². The van der Waals surface area contributed by atoms with E-state index < -0.39 is 0 Å². The first-order valence-electron chi connectivity index (χ1n) is 10.6. The van der Waals surface area contributed by atoms with Crippen LogP contribution in [0.3, 0.4) is 0 Å². The Morgan fingerprint density at radius 2 is 1.97 bits per heavy atom. The highest BCUT2D eigenvalue weighted by Crippen LogP contribution is 2.36. The van der Waals surface area contributed by atoms with Gasteiger partial charge in [0.1, 0.15) is 5.84 Å². The Hall–Kier alpha value is -2.94. The molecular formula is C25H28N4O. The molecule has 0 aliphatic carbocycles. The van der Waals surface area contributed by atoms with E-state index in [-0.39, 0.29) is 12.0 Å². The van der Waals surface area contributed by atoms with Crippen LogP contribution in [0.2, 0.25) is 0 Å². The van der Waals surface area contributed by atoms with E-state index in [9.17, 15) is 0 Å². The number of ether oxygens (including phenoxy) is 1. The van der Waals surface area contributed by atoms with Crippen molar-refractivity contribution in [1.82, 2.24) is 10.6 Å². The van der Waals surface area contributed by atoms with Crippen molar-refractivity contribution in [2.24, 2.45) is 4.99 Å². The topological polar surface area (TPSA) is 69.4 Å². The van der Waals surface area contributed by atoms with Crippen molar-refractivity contribution in [3.05, 3.63) is 76.9 Å². The molecule has 2 aliphatic rings. The van der Waals surface area contributed by atoms with Crippen LogP contribution in [0.25, 0.3) is 5.57 Å². The average Bonchev–Trinajstić information content (AvgIpc) is 3.02. The molecule has 0 spiro atoms. The standard InChI is InChI=1S/C25H28N4O/c1-18-2-6-21(7-3-18)24-14-25(29-17-22-16-27-12-13-30-22)28-11-10-23(24)20-8-4-19(15-26)5-9-20/h2-9,14,22-23,27H,10-13,16-17H2,1H3,(H,28,29)/t22-,23?/m1/s1. The Balaban J connectivity index is 1.61. The molecule has 5 heteroatoms. The second kappa shape index (κ2) is 9.71. The third-order valence-electron chi connectivity index (χ3n) is 5.71. The lowest BCUT2D eigenvalue weighted by molar-refractivity contribution is 0.0320. The molecule has 1 fully saturated rings. The van der Waals surface area contributed by atoms with E-state index in [1.165, 1.54) is 22.3 Å². The molecule has 0 amide bonds. The van der Waals surface area contributed by atoms with Crippen LogP contribution in [-0.4, -0.2) is 44.7 Å². The fourth-order valence-corrected chi connectivity index (χ4v) is 4.01. The molecule has 0 bridgehead atoms. The van der Waals surface area contributed by atoms with E-state index in [1.54, 1.807) is 0 Å². The molecule has 2 N–H and O–H groups in total. The van der Waals surface area contributed by atoms with Crippen molar-refractivity contribution in [2.45, 2.75) is 25.4 Å². The van der Waals surface area contributed by atoms with Crippen molar-refractivity contribution < 1.29 is 4.74 Å². The summed E-state index contributed by atoms with van der Waals surface area (Å²) >= 11 is 0. The van der Waals surface area contributed by atoms with E-state index in [0.717, 1.165) is 45.0 Å². The first-order chi connectivity index (χ1) is 14.7. The van der Waals surface area contributed by atoms with Crippen LogP contribution in [-0.2, 0) is 4.74 Å². The number of hydrogen-bond donors (Lipinski definition) is 2. The number of nitrogens with zero attached hydrogens (tertiary/aromatic N) is 2. The van der Waals surface area contributed by atoms with Gasteiger partial charge in [0.25, 0.3) is 0 Å². The molecule has 2 aliphatic heterocycles. The van der Waals surface area contributed by atoms with E-state index in [2.05, 4.69) is 66.1 Å². The third-order valence-corrected chi connectivity index (χ3v) is 5.71. The van der Waals surface area contributed by atoms with Crippen molar-refractivity contribution in [3.8, 4) is 6.07 Å². The predicted molar refractivity (Wildman–Crippen MR) is 121 cm³/mol. The molecule has 1 saturated heterocycles. The monoisotopic (exact) mass is 400 g/mol. The quantitative estimate of drug-likeness (QED) is 0.825. The van der Waals surface area contributed by atoms with Gasteiger partial charge in [-0.15, -0.1) is 0 Å². The Kier molecular flexibility index (Phi) is 6.58. The summed E-state index contributed by atoms with van der Waals surface area (Å²) in [6.07, 6.45) is 3.28. The van der Waals surface area contributed by atoms with Crippen LogP contribution in [0.1, 0.15) is 34.6 Å². The number of aliphatic imine (C=N–C) groups is 1. The number of nitrogens with one attached hydrogen (secondary N) is 2. The summed E-state index contributed by atoms with van der Waals surface area (Å²) in [5.74, 6) is 1.15. The summed E-state index contributed by atoms with van der Waals surface area (Å²) in [6.45, 7) is 6.14. The van der Waals surface area contributed by atoms with Crippen molar-refractivity contribution in [2.75, 3.05) is 32.8 Å². The molecule has 0 radical (unpaired) electrons. The molecule has 4 rings (SSSR count). The lowest BCUT2D eigenvalue weighted by atomic mass is 9.84. The zero-order valence-electron chi connectivity index (χ0n) is 17.4. The lowest BCUT2D eigenvalue weighted by Crippen LogP contribution is -2.45. The summed E-state index contributed by atoms with van der Waals surface area (Å²) in [6, 6.07) is 18.9. The largest absolute Gasteiger partial charge is 0.374 e. The number of aryl methyl sites for hydroxylation is 1. The molecule has 154 valence electrons. The van der Waals surface area contributed by atoms with Crippen LogP contribution in [0, 0.1) is 18.3 Å². The Bertz CT molecular complexity index is 948. The van der Waals surface area contributed by atoms with Crippen LogP contribution in [0.15, 0.2) is 59.6 Å². The van der Waals surface area contributed by atoms with E-state index in [4.69, 9.17) is 15.0 Å². The second-order valence-electron chi connectivity index (χ2n) is 7.89. The maximum absolute atomic E-state index is 9.14. The molecule has 30 heavy (non-hydrogen) atoms. The zero-order valence-corrected chi connectivity index (χ0v) is 17.4. The van der Waals surface area contributed by atoms with Gasteiger partial charge in [0.2, 0.25) is 0 Å². The van der Waals surface area contributed by atoms with Gasteiger partial charge in [-0.05, 0) is 48.3 Å². The first kappa shape index (κ1) is 20.3. The molecule has 2 aromatic carbocycles. The molecule has 2 atom stereocenters. The van der Waals surface area contributed by atoms with Gasteiger partial charge in [-0.1, -0.05) is 42.0 Å². The summed E-state index contributed by atoms with van der Waals surface area (Å²) in [5.41, 5.74) is 5.62. The van der Waals surface area contributed by atoms with Gasteiger partial charge in [-0.3, -0.25) is 4.99 Å². The van der Waals surface area contributed by atoms with E-state index in [1.807, 2.05) is 12.1 Å². The summed E-state index contributed by atoms with van der Waals surface area (Å²) in [7, 11) is 0. The van der Waals surface area contributed by atoms with E-state index >= 15 is 0 Å². The van der Waals surface area contributed by atoms with E-state index in [0.29, 0.717) is 5.56 Å². The van der Waals surface area contributed by atoms with Crippen LogP contribution >= 0.6 is 0 Å². The van der Waals surface area contributed by atoms with Crippen LogP contribution < -0.4 is 10.6 Å². The highest BCUT2D eigenvalue weighted by atomic mass is 16.5. The summed E-state index contributed by atoms with van der Waals surface area (Å²) in [5, 5.41) is 16.0. The predicted octanol–water partition coefficient (Wildman–Crippen LogP) is 3.41. The zero-order chi connectivity index (χ0) is 20.8. The molecule has 0 aromatic heterocycles. The van der Waals surface area contributed by atoms with Gasteiger partial charge in [0.15, 0.2) is 0 Å². The number of rotatable bonds is 4. The fourth-order valence-electron chi connectivity index (χ4n) is 4.01. The minimum atomic E-state index is 0.162. The smallest absolute Gasteiger partial charge is 0.121 e. The number of benzene rings is 2. The van der Waals surface area contributed by atoms with Crippen molar-refractivity contribution >= 4 is 11.4 Å². The SMILES string of the molecule is Cc1ccc(C2=CC(NC[C@H]3CNCCO3)=NCCC2c2ccc(C#N)cc2)cc1. The highest BCUT2D eigenvalue weighted by molar-refractivity contribution is 6.00. The van der Waals surface area contributed by atoms with Gasteiger partial charge in [-0.2, -0.15) is 5.26 Å². The molecule has 2 heterocycles. The van der Waals surface area contributed by atoms with Crippen molar-refractivity contribution in [3.63, 3.8) is 0 Å². The minimum absolute atomic E-state index is 0.162. The third kappa shape index (κ3) is 4.96.